The van der Waals surface area contributed by atoms with Crippen molar-refractivity contribution in [3.05, 3.63) is 217 Å². The second-order valence-electron chi connectivity index (χ2n) is 21.0. The van der Waals surface area contributed by atoms with Gasteiger partial charge in [0, 0.05) is 45.9 Å². The molecule has 26 heteroatoms. The van der Waals surface area contributed by atoms with Crippen LogP contribution in [-0.4, -0.2) is 107 Å². The fraction of sp³-hybridized carbons (Fsp3) is 0.271. The maximum atomic E-state index is 13.6. The Bertz CT molecular complexity index is 5390. The summed E-state index contributed by atoms with van der Waals surface area (Å²) in [5, 5.41) is 103. The molecule has 0 saturated heterocycles. The van der Waals surface area contributed by atoms with E-state index in [9.17, 15) is 104 Å². The molecule has 2 spiro atoms. The number of aliphatic hydroxyl groups excluding tert-OH is 8. The van der Waals surface area contributed by atoms with E-state index in [1.165, 1.54) is 25.1 Å². The van der Waals surface area contributed by atoms with Gasteiger partial charge in [-0.1, -0.05) is 13.0 Å². The summed E-state index contributed by atoms with van der Waals surface area (Å²) in [6.45, 7) is 2.78. The number of aldehydes is 1. The van der Waals surface area contributed by atoms with Gasteiger partial charge in [0.1, 0.15) is 63.7 Å². The first-order valence-electron chi connectivity index (χ1n) is 25.8. The van der Waals surface area contributed by atoms with Crippen LogP contribution in [0.2, 0.25) is 0 Å². The lowest BCUT2D eigenvalue weighted by molar-refractivity contribution is -0.102. The molecule has 8 aliphatic rings. The smallest absolute Gasteiger partial charge is 0.260 e. The van der Waals surface area contributed by atoms with Crippen LogP contribution in [0.4, 0.5) is 0 Å². The van der Waals surface area contributed by atoms with Crippen molar-refractivity contribution in [2.45, 2.75) is 81.2 Å². The van der Waals surface area contributed by atoms with E-state index in [2.05, 4.69) is 14.7 Å². The number of rotatable bonds is 7. The van der Waals surface area contributed by atoms with E-state index in [4.69, 9.17) is 4.74 Å². The minimum Gasteiger partial charge on any atom is -0.510 e. The summed E-state index contributed by atoms with van der Waals surface area (Å²) in [5.41, 5.74) is -13.8. The summed E-state index contributed by atoms with van der Waals surface area (Å²) < 4.78 is 9.57. The summed E-state index contributed by atoms with van der Waals surface area (Å²) in [6.07, 6.45) is -6.44. The fourth-order valence-electron chi connectivity index (χ4n) is 12.6. The zero-order valence-corrected chi connectivity index (χ0v) is 47.1. The molecule has 25 nitrogen and oxygen atoms in total. The number of phenolic OH excluding ortho intramolecular Hbond substituents is 2. The number of nitrogens with one attached hydrogen (secondary N) is 2. The van der Waals surface area contributed by atoms with Gasteiger partial charge in [0.05, 0.1) is 77.1 Å². The zero-order valence-electron chi connectivity index (χ0n) is 45.0. The molecule has 2 aromatic heterocycles. The van der Waals surface area contributed by atoms with Crippen molar-refractivity contribution in [3.63, 3.8) is 0 Å². The number of halogens is 1. The summed E-state index contributed by atoms with van der Waals surface area (Å²) >= 11 is 1.92. The minimum absolute atomic E-state index is 0.00583. The lowest BCUT2D eigenvalue weighted by Crippen LogP contribution is -2.52. The molecule has 6 unspecified atom stereocenters. The van der Waals surface area contributed by atoms with Gasteiger partial charge in [-0.2, -0.15) is 0 Å². The summed E-state index contributed by atoms with van der Waals surface area (Å²) in [5.74, 6) is -4.96. The number of aromatic hydroxyl groups is 2. The number of ether oxygens (including phenoxy) is 2. The van der Waals surface area contributed by atoms with Gasteiger partial charge in [0.15, 0.2) is 28.3 Å². The molecule has 85 heavy (non-hydrogen) atoms. The summed E-state index contributed by atoms with van der Waals surface area (Å²) in [7, 11) is 4.36. The Kier molecular flexibility index (Phi) is 14.3. The average Bonchev–Trinajstić information content (AvgIpc) is 1.55. The number of fused-ring (bicyclic) bond motifs is 8. The molecule has 0 saturated carbocycles. The van der Waals surface area contributed by atoms with Crippen molar-refractivity contribution in [1.29, 1.82) is 0 Å². The Labute approximate surface area is 483 Å². The predicted octanol–water partition coefficient (Wildman–Crippen LogP) is -3.60. The van der Waals surface area contributed by atoms with Crippen molar-refractivity contribution < 1.29 is 65.3 Å². The lowest BCUT2D eigenvalue weighted by atomic mass is 9.78. The van der Waals surface area contributed by atoms with Crippen LogP contribution in [0.3, 0.4) is 0 Å². The molecule has 0 aliphatic heterocycles. The van der Waals surface area contributed by atoms with Gasteiger partial charge in [-0.15, -0.1) is 0 Å². The molecular weight excluding hydrogens is 1230 g/mol. The third kappa shape index (κ3) is 7.88. The molecule has 0 fully saturated rings. The van der Waals surface area contributed by atoms with Gasteiger partial charge in [-0.25, -0.2) is 0 Å². The van der Waals surface area contributed by atoms with Crippen molar-refractivity contribution >= 4 is 73.5 Å². The maximum Gasteiger partial charge on any atom is 0.260 e. The van der Waals surface area contributed by atoms with E-state index in [-0.39, 0.29) is 81.7 Å². The predicted molar refractivity (Wildman–Crippen MR) is 309 cm³/mol. The van der Waals surface area contributed by atoms with E-state index in [0.717, 1.165) is 19.2 Å². The van der Waals surface area contributed by atoms with E-state index < -0.39 is 172 Å². The molecule has 0 radical (unpaired) electrons. The molecular formula is C59H47IN2O23. The molecule has 2 aromatic carbocycles. The zero-order chi connectivity index (χ0) is 62.3. The highest BCUT2D eigenvalue weighted by Gasteiger charge is 2.55. The second-order valence-corrected chi connectivity index (χ2v) is 22.1. The van der Waals surface area contributed by atoms with Crippen LogP contribution in [0.1, 0.15) is 76.8 Å². The Morgan fingerprint density at radius 3 is 1.59 bits per heavy atom. The number of carbonyl (C=O) groups is 1. The number of pyridine rings is 2. The Morgan fingerprint density at radius 2 is 1.07 bits per heavy atom. The van der Waals surface area contributed by atoms with Crippen LogP contribution in [-0.2, 0) is 34.8 Å². The number of phenols is 2. The highest BCUT2D eigenvalue weighted by molar-refractivity contribution is 14.1. The Morgan fingerprint density at radius 1 is 0.588 bits per heavy atom. The number of H-pyrrole nitrogens is 2. The number of aromatic nitrogens is 2. The average molecular weight is 1280 g/mol. The second kappa shape index (κ2) is 20.6. The maximum absolute atomic E-state index is 13.6. The highest BCUT2D eigenvalue weighted by atomic mass is 127. The van der Waals surface area contributed by atoms with E-state index in [0.29, 0.717) is 21.0 Å². The van der Waals surface area contributed by atoms with Gasteiger partial charge in [0.25, 0.3) is 11.1 Å². The Balaban J connectivity index is 0.000000182. The normalized spacial score (nSPS) is 18.8. The topological polar surface area (TPSA) is 440 Å². The van der Waals surface area contributed by atoms with Crippen molar-refractivity contribution in [3.8, 4) is 17.2 Å². The number of methoxy groups -OCH3 is 2. The van der Waals surface area contributed by atoms with Gasteiger partial charge in [0.2, 0.25) is 27.1 Å². The first-order chi connectivity index (χ1) is 40.1. The first-order valence-corrected chi connectivity index (χ1v) is 26.9. The quantitative estimate of drug-likeness (QED) is 0.0542. The number of benzene rings is 2. The van der Waals surface area contributed by atoms with Crippen molar-refractivity contribution in [2.24, 2.45) is 0 Å². The summed E-state index contributed by atoms with van der Waals surface area (Å²) in [4.78, 5) is 148. The van der Waals surface area contributed by atoms with E-state index in [1.807, 2.05) is 22.6 Å². The first kappa shape index (κ1) is 59.1. The number of aromatic amines is 2. The van der Waals surface area contributed by atoms with Gasteiger partial charge in [-0.05, 0) is 96.3 Å². The number of aliphatic hydroxyl groups is 8. The van der Waals surface area contributed by atoms with E-state index >= 15 is 0 Å². The molecule has 8 aliphatic carbocycles. The molecule has 0 bridgehead atoms. The third-order valence-corrected chi connectivity index (χ3v) is 17.8. The SMILES string of the molecule is CCc1cc(=O)c2c(=O)c3c(c(=O)c=2c1=O)=C(O)C1(CCc2cc4cc(C(O)C(O)C(O)C(C)O)[nH]c(=O)c4c(O)c21)C=3O.COC.COc1cc(=O)c2c(=O)c3c(c(=O)c=2c1=O)=C(O)C1(CCc2c1c(O)c1c(=O)[nH]c(C=O)cc1c2I)C=3O. The molecule has 4 aromatic rings. The largest absolute Gasteiger partial charge is 0.510 e. The number of aryl methyl sites for hydroxylation is 2. The number of hydrogen-bond acceptors (Lipinski definition) is 23. The molecule has 2 heterocycles. The monoisotopic (exact) mass is 1280 g/mol. The Hall–Kier alpha value is -9.06. The van der Waals surface area contributed by atoms with Crippen LogP contribution in [0.15, 0.2) is 78.3 Å². The molecule has 12 N–H and O–H groups in total. The number of hydrogen-bond donors (Lipinski definition) is 12. The summed E-state index contributed by atoms with van der Waals surface area (Å²) in [6, 6.07) is 5.78. The molecule has 6 atom stereocenters. The van der Waals surface area contributed by atoms with Crippen LogP contribution >= 0.6 is 22.6 Å². The van der Waals surface area contributed by atoms with E-state index in [1.54, 1.807) is 21.1 Å². The van der Waals surface area contributed by atoms with Crippen molar-refractivity contribution in [2.75, 3.05) is 21.3 Å². The highest BCUT2D eigenvalue weighted by Crippen LogP contribution is 2.56. The minimum atomic E-state index is -2.05. The molecule has 12 rings (SSSR count). The van der Waals surface area contributed by atoms with Crippen LogP contribution in [0.25, 0.3) is 44.6 Å². The van der Waals surface area contributed by atoms with Crippen LogP contribution < -0.4 is 80.2 Å². The third-order valence-electron chi connectivity index (χ3n) is 16.5. The van der Waals surface area contributed by atoms with Gasteiger partial charge in [-0.3, -0.25) is 52.7 Å². The van der Waals surface area contributed by atoms with Crippen molar-refractivity contribution in [1.82, 2.24) is 9.97 Å². The standard InChI is InChI=1S/C31H27NO12.C26H14INO10.C2H6O/c1-3-10-8-14(34)16-17(22(10)36)25(39)19-18(24(16)38)28(42)31(29(19)43)5-4-11-6-12-7-13(23(37)27(41)21(35)9(2)33)32-30(44)15(12)26(40)20(11)31;1-38-11-5-10(30)13-14(19(11)31)21(33)16-15(20(13)32)23(35)26(24(16)36)3-2-8-17(26)22(34)12-9(18(8)27)4-7(6-29)28-25(12)37;1-3-2/h6-9,21,23,27,33,35,37,40-43H,3-5H2,1-2H3,(H,32,44);4-6,34-36H,2-3H2,1H3,(H,28,37);1-2H3. The van der Waals surface area contributed by atoms with Crippen LogP contribution in [0, 0.1) is 24.4 Å². The molecule has 438 valence electrons. The van der Waals surface area contributed by atoms with Gasteiger partial charge >= 0.3 is 0 Å². The van der Waals surface area contributed by atoms with Gasteiger partial charge < -0.3 is 70.5 Å². The fourth-order valence-corrected chi connectivity index (χ4v) is 13.6. The molecule has 0 amide bonds. The van der Waals surface area contributed by atoms with Crippen LogP contribution in [0.5, 0.6) is 17.2 Å². The lowest BCUT2D eigenvalue weighted by Gasteiger charge is -2.27. The number of carbonyl (C=O) groups excluding carboxylic acids is 1.